The highest BCUT2D eigenvalue weighted by Gasteiger charge is 2.25. The molecule has 0 bridgehead atoms. The summed E-state index contributed by atoms with van der Waals surface area (Å²) in [5.74, 6) is 0.448. The maximum absolute atomic E-state index is 11.6. The quantitative estimate of drug-likeness (QED) is 0.835. The number of sulfonamides is 1. The Hall–Kier alpha value is -1.80. The van der Waals surface area contributed by atoms with Crippen molar-refractivity contribution in [3.05, 3.63) is 30.4 Å². The van der Waals surface area contributed by atoms with E-state index in [1.807, 2.05) is 13.1 Å². The molecular formula is C15H21N5O2S. The van der Waals surface area contributed by atoms with Crippen LogP contribution in [0.2, 0.25) is 0 Å². The molecule has 8 heteroatoms. The Bertz CT molecular complexity index is 779. The molecule has 3 heterocycles. The maximum atomic E-state index is 11.6. The molecule has 0 unspecified atom stereocenters. The zero-order chi connectivity index (χ0) is 16.4. The van der Waals surface area contributed by atoms with E-state index in [2.05, 4.69) is 15.1 Å². The standard InChI is InChI=1S/C15H21N5O2S/c1-19-15(3-6-17-19)14-11-16-10-13(18-14)9-12-4-7-20(8-5-12)23(2,21)22/h3,6,10-12H,4-5,7-9H2,1-2H3. The summed E-state index contributed by atoms with van der Waals surface area (Å²) >= 11 is 0. The lowest BCUT2D eigenvalue weighted by molar-refractivity contribution is 0.273. The van der Waals surface area contributed by atoms with Gasteiger partial charge < -0.3 is 0 Å². The fourth-order valence-electron chi connectivity index (χ4n) is 2.99. The second-order valence-electron chi connectivity index (χ2n) is 6.05. The summed E-state index contributed by atoms with van der Waals surface area (Å²) in [6.45, 7) is 1.19. The van der Waals surface area contributed by atoms with E-state index in [0.717, 1.165) is 36.3 Å². The molecule has 0 spiro atoms. The highest BCUT2D eigenvalue weighted by atomic mass is 32.2. The van der Waals surface area contributed by atoms with Crippen molar-refractivity contribution in [3.8, 4) is 11.4 Å². The average Bonchev–Trinajstić information content (AvgIpc) is 2.93. The van der Waals surface area contributed by atoms with Gasteiger partial charge >= 0.3 is 0 Å². The molecule has 1 fully saturated rings. The summed E-state index contributed by atoms with van der Waals surface area (Å²) in [6.07, 6.45) is 9.11. The van der Waals surface area contributed by atoms with E-state index in [1.54, 1.807) is 27.6 Å². The van der Waals surface area contributed by atoms with Crippen molar-refractivity contribution in [1.29, 1.82) is 0 Å². The van der Waals surface area contributed by atoms with E-state index in [1.165, 1.54) is 6.26 Å². The van der Waals surface area contributed by atoms with Crippen LogP contribution in [0.25, 0.3) is 11.4 Å². The smallest absolute Gasteiger partial charge is 0.211 e. The molecule has 1 aliphatic rings. The van der Waals surface area contributed by atoms with Gasteiger partial charge in [0.2, 0.25) is 10.0 Å². The highest BCUT2D eigenvalue weighted by molar-refractivity contribution is 7.88. The summed E-state index contributed by atoms with van der Waals surface area (Å²) in [6, 6.07) is 1.92. The van der Waals surface area contributed by atoms with Crippen molar-refractivity contribution >= 4 is 10.0 Å². The summed E-state index contributed by atoms with van der Waals surface area (Å²) in [5, 5.41) is 4.16. The number of nitrogens with zero attached hydrogens (tertiary/aromatic N) is 5. The molecule has 2 aromatic rings. The third kappa shape index (κ3) is 3.76. The average molecular weight is 335 g/mol. The van der Waals surface area contributed by atoms with Crippen LogP contribution in [0.3, 0.4) is 0 Å². The van der Waals surface area contributed by atoms with Crippen LogP contribution < -0.4 is 0 Å². The van der Waals surface area contributed by atoms with Gasteiger partial charge in [-0.3, -0.25) is 9.67 Å². The van der Waals surface area contributed by atoms with Crippen molar-refractivity contribution in [1.82, 2.24) is 24.1 Å². The van der Waals surface area contributed by atoms with E-state index in [0.29, 0.717) is 19.0 Å². The van der Waals surface area contributed by atoms with Crippen LogP contribution in [0.5, 0.6) is 0 Å². The fraction of sp³-hybridized carbons (Fsp3) is 0.533. The van der Waals surface area contributed by atoms with E-state index in [9.17, 15) is 8.42 Å². The Labute approximate surface area is 136 Å². The molecule has 1 saturated heterocycles. The third-order valence-corrected chi connectivity index (χ3v) is 5.61. The van der Waals surface area contributed by atoms with Gasteiger partial charge in [-0.2, -0.15) is 5.10 Å². The van der Waals surface area contributed by atoms with Gasteiger partial charge in [0, 0.05) is 32.5 Å². The van der Waals surface area contributed by atoms with Gasteiger partial charge in [0.25, 0.3) is 0 Å². The van der Waals surface area contributed by atoms with E-state index >= 15 is 0 Å². The van der Waals surface area contributed by atoms with Crippen LogP contribution in [-0.4, -0.2) is 51.8 Å². The molecule has 0 aromatic carbocycles. The molecule has 124 valence electrons. The first-order valence-electron chi connectivity index (χ1n) is 7.68. The predicted molar refractivity (Wildman–Crippen MR) is 87.1 cm³/mol. The Balaban J connectivity index is 1.67. The molecule has 0 saturated carbocycles. The molecule has 1 aliphatic heterocycles. The van der Waals surface area contributed by atoms with Crippen LogP contribution in [-0.2, 0) is 23.5 Å². The van der Waals surface area contributed by atoms with Gasteiger partial charge in [-0.25, -0.2) is 17.7 Å². The minimum absolute atomic E-state index is 0.448. The largest absolute Gasteiger partial charge is 0.266 e. The molecule has 0 aliphatic carbocycles. The normalized spacial score (nSPS) is 17.5. The topological polar surface area (TPSA) is 81.0 Å². The first-order chi connectivity index (χ1) is 10.9. The van der Waals surface area contributed by atoms with Gasteiger partial charge in [0.1, 0.15) is 5.69 Å². The summed E-state index contributed by atoms with van der Waals surface area (Å²) in [7, 11) is -1.19. The minimum atomic E-state index is -3.07. The zero-order valence-electron chi connectivity index (χ0n) is 13.4. The molecule has 23 heavy (non-hydrogen) atoms. The van der Waals surface area contributed by atoms with Gasteiger partial charge in [-0.1, -0.05) is 0 Å². The van der Waals surface area contributed by atoms with Gasteiger partial charge in [-0.05, 0) is 31.2 Å². The molecule has 0 N–H and O–H groups in total. The van der Waals surface area contributed by atoms with Gasteiger partial charge in [0.15, 0.2) is 0 Å². The second kappa shape index (κ2) is 6.37. The Morgan fingerprint density at radius 1 is 1.26 bits per heavy atom. The van der Waals surface area contributed by atoms with Crippen molar-refractivity contribution in [2.24, 2.45) is 13.0 Å². The molecular weight excluding hydrogens is 314 g/mol. The zero-order valence-corrected chi connectivity index (χ0v) is 14.2. The molecule has 0 atom stereocenters. The molecule has 0 amide bonds. The molecule has 0 radical (unpaired) electrons. The van der Waals surface area contributed by atoms with Gasteiger partial charge in [0.05, 0.1) is 23.8 Å². The van der Waals surface area contributed by atoms with E-state index < -0.39 is 10.0 Å². The minimum Gasteiger partial charge on any atom is -0.266 e. The van der Waals surface area contributed by atoms with Crippen molar-refractivity contribution in [2.75, 3.05) is 19.3 Å². The molecule has 7 nitrogen and oxygen atoms in total. The lowest BCUT2D eigenvalue weighted by Gasteiger charge is -2.30. The number of rotatable bonds is 4. The molecule has 3 rings (SSSR count). The third-order valence-electron chi connectivity index (χ3n) is 4.31. The lowest BCUT2D eigenvalue weighted by Crippen LogP contribution is -2.38. The Morgan fingerprint density at radius 3 is 2.61 bits per heavy atom. The van der Waals surface area contributed by atoms with Crippen LogP contribution in [0.1, 0.15) is 18.5 Å². The van der Waals surface area contributed by atoms with Crippen molar-refractivity contribution in [3.63, 3.8) is 0 Å². The first kappa shape index (κ1) is 16.1. The van der Waals surface area contributed by atoms with Crippen LogP contribution in [0, 0.1) is 5.92 Å². The van der Waals surface area contributed by atoms with Crippen LogP contribution in [0.4, 0.5) is 0 Å². The molecule has 2 aromatic heterocycles. The predicted octanol–water partition coefficient (Wildman–Crippen LogP) is 1.09. The first-order valence-corrected chi connectivity index (χ1v) is 9.53. The number of piperidine rings is 1. The van der Waals surface area contributed by atoms with Crippen molar-refractivity contribution in [2.45, 2.75) is 19.3 Å². The Morgan fingerprint density at radius 2 is 2.00 bits per heavy atom. The number of aryl methyl sites for hydroxylation is 1. The maximum Gasteiger partial charge on any atom is 0.211 e. The van der Waals surface area contributed by atoms with Crippen LogP contribution in [0.15, 0.2) is 24.7 Å². The summed E-state index contributed by atoms with van der Waals surface area (Å²) in [5.41, 5.74) is 2.70. The van der Waals surface area contributed by atoms with Gasteiger partial charge in [-0.15, -0.1) is 0 Å². The van der Waals surface area contributed by atoms with Crippen LogP contribution >= 0.6 is 0 Å². The SMILES string of the molecule is Cn1nccc1-c1cncc(CC2CCN(S(C)(=O)=O)CC2)n1. The van der Waals surface area contributed by atoms with Crippen molar-refractivity contribution < 1.29 is 8.42 Å². The monoisotopic (exact) mass is 335 g/mol. The highest BCUT2D eigenvalue weighted by Crippen LogP contribution is 2.23. The summed E-state index contributed by atoms with van der Waals surface area (Å²) in [4.78, 5) is 8.97. The number of aromatic nitrogens is 4. The van der Waals surface area contributed by atoms with E-state index in [4.69, 9.17) is 0 Å². The second-order valence-corrected chi connectivity index (χ2v) is 8.03. The Kier molecular flexibility index (Phi) is 4.45. The summed E-state index contributed by atoms with van der Waals surface area (Å²) < 4.78 is 26.4. The fourth-order valence-corrected chi connectivity index (χ4v) is 3.87. The number of hydrogen-bond acceptors (Lipinski definition) is 5. The van der Waals surface area contributed by atoms with E-state index in [-0.39, 0.29) is 0 Å². The number of hydrogen-bond donors (Lipinski definition) is 0. The lowest BCUT2D eigenvalue weighted by atomic mass is 9.93.